The van der Waals surface area contributed by atoms with Crippen molar-refractivity contribution in [2.75, 3.05) is 49.5 Å². The van der Waals surface area contributed by atoms with Crippen LogP contribution in [0.15, 0.2) is 59.8 Å². The van der Waals surface area contributed by atoms with Crippen LogP contribution in [0.1, 0.15) is 42.9 Å². The van der Waals surface area contributed by atoms with E-state index in [1.165, 1.54) is 12.1 Å². The molecule has 1 atom stereocenters. The van der Waals surface area contributed by atoms with Gasteiger partial charge in [-0.15, -0.1) is 0 Å². The molecular formula is C29H31Cl2FN6O2. The van der Waals surface area contributed by atoms with Crippen LogP contribution in [0.5, 0.6) is 0 Å². The fraction of sp³-hybridized carbons (Fsp3) is 0.345. The Bertz CT molecular complexity index is 1460. The van der Waals surface area contributed by atoms with Crippen LogP contribution in [-0.2, 0) is 4.79 Å². The summed E-state index contributed by atoms with van der Waals surface area (Å²) >= 11 is 12.6. The van der Waals surface area contributed by atoms with Crippen molar-refractivity contribution in [2.24, 2.45) is 0 Å². The van der Waals surface area contributed by atoms with Crippen LogP contribution < -0.4 is 10.2 Å². The normalized spacial score (nSPS) is 17.0. The highest BCUT2D eigenvalue weighted by molar-refractivity contribution is 6.42. The van der Waals surface area contributed by atoms with Gasteiger partial charge in [0.15, 0.2) is 5.69 Å². The van der Waals surface area contributed by atoms with Crippen molar-refractivity contribution in [3.63, 3.8) is 0 Å². The molecule has 210 valence electrons. The maximum absolute atomic E-state index is 14.1. The third kappa shape index (κ3) is 5.28. The zero-order valence-corrected chi connectivity index (χ0v) is 24.1. The molecule has 1 aromatic heterocycles. The summed E-state index contributed by atoms with van der Waals surface area (Å²) in [6.07, 6.45) is 0. The minimum Gasteiger partial charge on any atom is -0.368 e. The van der Waals surface area contributed by atoms with E-state index in [2.05, 4.69) is 10.2 Å². The quantitative estimate of drug-likeness (QED) is 0.417. The molecule has 8 nitrogen and oxygen atoms in total. The van der Waals surface area contributed by atoms with Gasteiger partial charge in [-0.25, -0.2) is 9.07 Å². The molecule has 2 aromatic carbocycles. The number of fused-ring (bicyclic) bond motifs is 1. The Kier molecular flexibility index (Phi) is 8.05. The number of hydrogen-bond donors (Lipinski definition) is 1. The molecule has 2 aliphatic heterocycles. The molecule has 5 rings (SSSR count). The zero-order chi connectivity index (χ0) is 28.6. The van der Waals surface area contributed by atoms with Crippen molar-refractivity contribution in [3.05, 3.63) is 86.9 Å². The highest BCUT2D eigenvalue weighted by atomic mass is 35.5. The van der Waals surface area contributed by atoms with Gasteiger partial charge in [0.25, 0.3) is 11.8 Å². The lowest BCUT2D eigenvalue weighted by molar-refractivity contribution is -0.128. The molecule has 0 saturated carbocycles. The molecule has 40 heavy (non-hydrogen) atoms. The second-order valence-corrected chi connectivity index (χ2v) is 10.6. The van der Waals surface area contributed by atoms with Gasteiger partial charge in [-0.05, 0) is 62.7 Å². The van der Waals surface area contributed by atoms with E-state index in [1.54, 1.807) is 39.9 Å². The molecule has 0 spiro atoms. The van der Waals surface area contributed by atoms with Gasteiger partial charge in [-0.2, -0.15) is 5.10 Å². The first-order valence-electron chi connectivity index (χ1n) is 13.3. The number of rotatable bonds is 6. The first-order valence-corrected chi connectivity index (χ1v) is 14.1. The number of piperazine rings is 1. The second kappa shape index (κ2) is 11.5. The first kappa shape index (κ1) is 28.0. The SMILES string of the molecule is CCN(CC)C(=O)c1cc2n(n1)C(c1ccc(Cl)c(Cl)c1)C(C(=O)N1CCN(c3ccc(F)cc3)CC1)=C(C)N2. The zero-order valence-electron chi connectivity index (χ0n) is 22.6. The number of benzene rings is 2. The molecule has 2 aliphatic rings. The fourth-order valence-corrected chi connectivity index (χ4v) is 5.61. The maximum Gasteiger partial charge on any atom is 0.274 e. The van der Waals surface area contributed by atoms with Crippen LogP contribution in [-0.4, -0.2) is 70.7 Å². The summed E-state index contributed by atoms with van der Waals surface area (Å²) in [6.45, 7) is 9.05. The number of nitrogens with zero attached hydrogens (tertiary/aromatic N) is 5. The van der Waals surface area contributed by atoms with Crippen molar-refractivity contribution in [3.8, 4) is 0 Å². The van der Waals surface area contributed by atoms with Gasteiger partial charge in [-0.3, -0.25) is 9.59 Å². The predicted molar refractivity (Wildman–Crippen MR) is 156 cm³/mol. The number of carbonyl (C=O) groups is 2. The van der Waals surface area contributed by atoms with Crippen molar-refractivity contribution in [1.29, 1.82) is 0 Å². The summed E-state index contributed by atoms with van der Waals surface area (Å²) in [4.78, 5) is 32.9. The van der Waals surface area contributed by atoms with Crippen LogP contribution in [0.2, 0.25) is 10.0 Å². The monoisotopic (exact) mass is 584 g/mol. The first-order chi connectivity index (χ1) is 19.2. The largest absolute Gasteiger partial charge is 0.368 e. The van der Waals surface area contributed by atoms with Gasteiger partial charge >= 0.3 is 0 Å². The van der Waals surface area contributed by atoms with Crippen LogP contribution in [0.25, 0.3) is 0 Å². The molecule has 11 heteroatoms. The Morgan fingerprint density at radius 3 is 2.30 bits per heavy atom. The Morgan fingerprint density at radius 2 is 1.68 bits per heavy atom. The molecule has 1 unspecified atom stereocenters. The third-order valence-corrected chi connectivity index (χ3v) is 8.23. The van der Waals surface area contributed by atoms with Crippen LogP contribution in [0.3, 0.4) is 0 Å². The molecule has 2 amide bonds. The van der Waals surface area contributed by atoms with Gasteiger partial charge in [-0.1, -0.05) is 29.3 Å². The maximum atomic E-state index is 14.1. The summed E-state index contributed by atoms with van der Waals surface area (Å²) < 4.78 is 15.1. The van der Waals surface area contributed by atoms with E-state index in [-0.39, 0.29) is 17.6 Å². The molecule has 0 aliphatic carbocycles. The highest BCUT2D eigenvalue weighted by Gasteiger charge is 2.37. The van der Waals surface area contributed by atoms with Gasteiger partial charge in [0, 0.05) is 56.7 Å². The molecule has 0 bridgehead atoms. The van der Waals surface area contributed by atoms with Crippen LogP contribution >= 0.6 is 23.2 Å². The minimum absolute atomic E-state index is 0.127. The summed E-state index contributed by atoms with van der Waals surface area (Å²) in [5, 5.41) is 8.76. The molecule has 1 N–H and O–H groups in total. The number of amides is 2. The number of allylic oxidation sites excluding steroid dienone is 1. The predicted octanol–water partition coefficient (Wildman–Crippen LogP) is 5.45. The number of anilines is 2. The van der Waals surface area contributed by atoms with Gasteiger partial charge < -0.3 is 20.0 Å². The minimum atomic E-state index is -0.619. The molecule has 0 radical (unpaired) electrons. The Hall–Kier alpha value is -3.56. The van der Waals surface area contributed by atoms with Crippen molar-refractivity contribution >= 4 is 46.5 Å². The smallest absolute Gasteiger partial charge is 0.274 e. The average molecular weight is 586 g/mol. The Morgan fingerprint density at radius 1 is 1.00 bits per heavy atom. The number of carbonyl (C=O) groups excluding carboxylic acids is 2. The molecule has 3 heterocycles. The summed E-state index contributed by atoms with van der Waals surface area (Å²) in [5.74, 6) is 0.0291. The molecule has 1 fully saturated rings. The number of aromatic nitrogens is 2. The van der Waals surface area contributed by atoms with E-state index in [4.69, 9.17) is 28.3 Å². The lowest BCUT2D eigenvalue weighted by atomic mass is 9.94. The molecule has 1 saturated heterocycles. The Labute approximate surface area is 242 Å². The molecule has 3 aromatic rings. The van der Waals surface area contributed by atoms with Crippen molar-refractivity contribution in [1.82, 2.24) is 19.6 Å². The summed E-state index contributed by atoms with van der Waals surface area (Å²) in [7, 11) is 0. The highest BCUT2D eigenvalue weighted by Crippen LogP contribution is 2.39. The lowest BCUT2D eigenvalue weighted by Crippen LogP contribution is -2.50. The van der Waals surface area contributed by atoms with E-state index >= 15 is 0 Å². The third-order valence-electron chi connectivity index (χ3n) is 7.49. The Balaban J connectivity index is 1.47. The van der Waals surface area contributed by atoms with E-state index in [0.717, 1.165) is 11.3 Å². The topological polar surface area (TPSA) is 73.7 Å². The fourth-order valence-electron chi connectivity index (χ4n) is 5.31. The van der Waals surface area contributed by atoms with Gasteiger partial charge in [0.2, 0.25) is 0 Å². The number of nitrogens with one attached hydrogen (secondary N) is 1. The van der Waals surface area contributed by atoms with Crippen LogP contribution in [0, 0.1) is 5.82 Å². The number of hydrogen-bond acceptors (Lipinski definition) is 5. The summed E-state index contributed by atoms with van der Waals surface area (Å²) in [6, 6.07) is 12.8. The van der Waals surface area contributed by atoms with Crippen molar-refractivity contribution in [2.45, 2.75) is 26.8 Å². The standard InChI is InChI=1S/C29H31Cl2FN6O2/c1-4-35(5-2)28(39)24-17-25-33-18(3)26(27(38(25)34-24)19-6-11-22(30)23(31)16-19)29(40)37-14-12-36(13-15-37)21-9-7-20(32)8-10-21/h6-11,16-17,27,33H,4-5,12-15H2,1-3H3. The van der Waals surface area contributed by atoms with E-state index in [0.29, 0.717) is 72.1 Å². The second-order valence-electron chi connectivity index (χ2n) is 9.83. The summed E-state index contributed by atoms with van der Waals surface area (Å²) in [5.41, 5.74) is 3.14. The molecular weight excluding hydrogens is 554 g/mol. The van der Waals surface area contributed by atoms with E-state index in [9.17, 15) is 14.0 Å². The lowest BCUT2D eigenvalue weighted by Gasteiger charge is -2.38. The van der Waals surface area contributed by atoms with E-state index in [1.807, 2.05) is 31.7 Å². The van der Waals surface area contributed by atoms with Gasteiger partial charge in [0.1, 0.15) is 17.7 Å². The van der Waals surface area contributed by atoms with E-state index < -0.39 is 6.04 Å². The average Bonchev–Trinajstić information content (AvgIpc) is 3.38. The van der Waals surface area contributed by atoms with Crippen molar-refractivity contribution < 1.29 is 14.0 Å². The number of halogens is 3. The van der Waals surface area contributed by atoms with Gasteiger partial charge in [0.05, 0.1) is 15.6 Å². The van der Waals surface area contributed by atoms with Crippen LogP contribution in [0.4, 0.5) is 15.9 Å².